The summed E-state index contributed by atoms with van der Waals surface area (Å²) in [5, 5.41) is 33.7. The minimum atomic E-state index is -1.23. The van der Waals surface area contributed by atoms with Crippen molar-refractivity contribution in [3.05, 3.63) is 35.5 Å². The molecule has 3 aliphatic rings. The minimum absolute atomic E-state index is 0.0638. The summed E-state index contributed by atoms with van der Waals surface area (Å²) in [6.07, 6.45) is -0.387. The first kappa shape index (κ1) is 32.2. The highest BCUT2D eigenvalue weighted by Gasteiger charge is 2.48. The molecule has 0 radical (unpaired) electrons. The molecular formula is C30H41F2N5O7. The van der Waals surface area contributed by atoms with Gasteiger partial charge in [0.2, 0.25) is 0 Å². The van der Waals surface area contributed by atoms with Crippen LogP contribution in [0.15, 0.2) is 23.5 Å². The van der Waals surface area contributed by atoms with Gasteiger partial charge in [0.25, 0.3) is 0 Å². The van der Waals surface area contributed by atoms with Crippen LogP contribution in [0.5, 0.6) is 0 Å². The van der Waals surface area contributed by atoms with Crippen LogP contribution in [0.3, 0.4) is 0 Å². The van der Waals surface area contributed by atoms with Gasteiger partial charge in [-0.3, -0.25) is 0 Å². The Morgan fingerprint density at radius 3 is 2.55 bits per heavy atom. The van der Waals surface area contributed by atoms with Crippen LogP contribution in [0.25, 0.3) is 11.3 Å². The van der Waals surface area contributed by atoms with Crippen LogP contribution >= 0.6 is 0 Å². The number of likely N-dealkylation sites (tertiary alicyclic amines) is 1. The molecule has 0 bridgehead atoms. The molecule has 2 N–H and O–H groups in total. The van der Waals surface area contributed by atoms with Crippen molar-refractivity contribution in [3.8, 4) is 11.3 Å². The summed E-state index contributed by atoms with van der Waals surface area (Å²) in [5.74, 6) is -1.83. The average Bonchev–Trinajstić information content (AvgIpc) is 3.66. The van der Waals surface area contributed by atoms with Gasteiger partial charge >= 0.3 is 6.09 Å². The van der Waals surface area contributed by atoms with Crippen molar-refractivity contribution < 1.29 is 42.8 Å². The number of aliphatic hydroxyl groups excluding tert-OH is 2. The van der Waals surface area contributed by atoms with Gasteiger partial charge in [0.15, 0.2) is 11.6 Å². The molecule has 0 saturated carbocycles. The van der Waals surface area contributed by atoms with Crippen molar-refractivity contribution in [3.63, 3.8) is 0 Å². The van der Waals surface area contributed by atoms with Gasteiger partial charge in [-0.1, -0.05) is 16.4 Å². The number of methoxy groups -OCH3 is 1. The van der Waals surface area contributed by atoms with E-state index in [1.54, 1.807) is 4.90 Å². The third-order valence-corrected chi connectivity index (χ3v) is 8.47. The SMILES string of the molecule is CO[C@@H]1[C@@H](n2cc(-c3ccc(C)c(F)c3F)nn2)[C@@H](O)[C@@H](CO)O[C@@H]1CC1CC(C2CCN(C(=O)OC(C)(C)C)CC2)=NO1. The van der Waals surface area contributed by atoms with Crippen LogP contribution in [-0.2, 0) is 19.0 Å². The highest BCUT2D eigenvalue weighted by molar-refractivity contribution is 5.88. The number of halogens is 2. The number of piperidine rings is 1. The average molecular weight is 622 g/mol. The second-order valence-corrected chi connectivity index (χ2v) is 12.7. The molecule has 2 fully saturated rings. The normalized spacial score (nSPS) is 28.1. The fourth-order valence-corrected chi connectivity index (χ4v) is 6.14. The largest absolute Gasteiger partial charge is 0.444 e. The summed E-state index contributed by atoms with van der Waals surface area (Å²) < 4.78 is 47.6. The van der Waals surface area contributed by atoms with Crippen LogP contribution in [0.4, 0.5) is 13.6 Å². The van der Waals surface area contributed by atoms with E-state index in [9.17, 15) is 23.8 Å². The molecule has 12 nitrogen and oxygen atoms in total. The first-order valence-electron chi connectivity index (χ1n) is 14.9. The maximum atomic E-state index is 14.7. The lowest BCUT2D eigenvalue weighted by Gasteiger charge is -2.44. The number of hydrogen-bond acceptors (Lipinski definition) is 10. The lowest BCUT2D eigenvalue weighted by Crippen LogP contribution is -2.57. The summed E-state index contributed by atoms with van der Waals surface area (Å²) in [4.78, 5) is 20.0. The Hall–Kier alpha value is -3.20. The predicted molar refractivity (Wildman–Crippen MR) is 154 cm³/mol. The summed E-state index contributed by atoms with van der Waals surface area (Å²) in [7, 11) is 1.47. The number of nitrogens with zero attached hydrogens (tertiary/aromatic N) is 5. The molecule has 14 heteroatoms. The van der Waals surface area contributed by atoms with Gasteiger partial charge in [-0.05, 0) is 52.2 Å². The molecule has 0 spiro atoms. The summed E-state index contributed by atoms with van der Waals surface area (Å²) in [5.41, 5.74) is 0.559. The smallest absolute Gasteiger partial charge is 0.410 e. The van der Waals surface area contributed by atoms with Gasteiger partial charge < -0.3 is 34.2 Å². The number of benzene rings is 1. The Bertz CT molecular complexity index is 1360. The zero-order chi connectivity index (χ0) is 31.8. The Kier molecular flexibility index (Phi) is 9.54. The van der Waals surface area contributed by atoms with E-state index in [0.717, 1.165) is 18.6 Å². The highest BCUT2D eigenvalue weighted by atomic mass is 19.2. The fraction of sp³-hybridized carbons (Fsp3) is 0.667. The summed E-state index contributed by atoms with van der Waals surface area (Å²) >= 11 is 0. The number of amides is 1. The van der Waals surface area contributed by atoms with E-state index in [-0.39, 0.29) is 34.9 Å². The standard InChI is InChI=1S/C30H41F2N5O7/c1-16-6-7-19(25(32)24(16)31)21-14-37(35-33-21)26-27(39)23(15-38)42-22(28(26)41-5)13-18-12-20(34-44-18)17-8-10-36(11-9-17)29(40)43-30(2,3)4/h6-7,14,17-18,22-23,26-28,38-39H,8-13,15H2,1-5H3/t18?,22-,23-,26+,27+,28+/m1/s1. The number of oxime groups is 1. The number of rotatable bonds is 7. The first-order valence-corrected chi connectivity index (χ1v) is 14.9. The first-order chi connectivity index (χ1) is 20.9. The molecular weight excluding hydrogens is 580 g/mol. The Morgan fingerprint density at radius 2 is 1.89 bits per heavy atom. The summed E-state index contributed by atoms with van der Waals surface area (Å²) in [6, 6.07) is 2.02. The van der Waals surface area contributed by atoms with E-state index in [0.29, 0.717) is 25.9 Å². The number of aromatic nitrogens is 3. The topological polar surface area (TPSA) is 141 Å². The van der Waals surface area contributed by atoms with Gasteiger partial charge in [-0.15, -0.1) is 5.10 Å². The lowest BCUT2D eigenvalue weighted by molar-refractivity contribution is -0.219. The quantitative estimate of drug-likeness (QED) is 0.476. The Morgan fingerprint density at radius 1 is 1.16 bits per heavy atom. The molecule has 0 aliphatic carbocycles. The molecule has 1 amide bonds. The van der Waals surface area contributed by atoms with E-state index >= 15 is 0 Å². The van der Waals surface area contributed by atoms with E-state index in [4.69, 9.17) is 19.0 Å². The van der Waals surface area contributed by atoms with E-state index in [1.165, 1.54) is 37.0 Å². The van der Waals surface area contributed by atoms with Crippen molar-refractivity contribution >= 4 is 11.8 Å². The van der Waals surface area contributed by atoms with Crippen LogP contribution in [-0.4, -0.2) is 105 Å². The fourth-order valence-electron chi connectivity index (χ4n) is 6.14. The van der Waals surface area contributed by atoms with Crippen LogP contribution in [0.2, 0.25) is 0 Å². The second kappa shape index (κ2) is 13.0. The Labute approximate surface area is 254 Å². The number of carbonyl (C=O) groups excluding carboxylic acids is 1. The Balaban J connectivity index is 1.24. The van der Waals surface area contributed by atoms with E-state index in [1.807, 2.05) is 20.8 Å². The van der Waals surface area contributed by atoms with Crippen LogP contribution < -0.4 is 0 Å². The molecule has 242 valence electrons. The predicted octanol–water partition coefficient (Wildman–Crippen LogP) is 3.39. The number of carbonyl (C=O) groups is 1. The van der Waals surface area contributed by atoms with Crippen LogP contribution in [0, 0.1) is 24.5 Å². The molecule has 4 heterocycles. The third-order valence-electron chi connectivity index (χ3n) is 8.47. The van der Waals surface area contributed by atoms with E-state index in [2.05, 4.69) is 15.5 Å². The maximum absolute atomic E-state index is 14.7. The monoisotopic (exact) mass is 621 g/mol. The van der Waals surface area contributed by atoms with Crippen LogP contribution in [0.1, 0.15) is 58.1 Å². The van der Waals surface area contributed by atoms with Gasteiger partial charge in [0, 0.05) is 44.5 Å². The third kappa shape index (κ3) is 6.72. The zero-order valence-electron chi connectivity index (χ0n) is 25.7. The number of ether oxygens (including phenoxy) is 3. The van der Waals surface area contributed by atoms with Gasteiger partial charge in [-0.25, -0.2) is 18.3 Å². The molecule has 2 saturated heterocycles. The van der Waals surface area contributed by atoms with Crippen molar-refractivity contribution in [2.45, 2.75) is 95.5 Å². The van der Waals surface area contributed by atoms with Crippen molar-refractivity contribution in [1.82, 2.24) is 19.9 Å². The molecule has 44 heavy (non-hydrogen) atoms. The van der Waals surface area contributed by atoms with Gasteiger partial charge in [0.1, 0.15) is 41.8 Å². The number of aryl methyl sites for hydroxylation is 1. The molecule has 1 aromatic carbocycles. The maximum Gasteiger partial charge on any atom is 0.410 e. The summed E-state index contributed by atoms with van der Waals surface area (Å²) in [6.45, 7) is 7.67. The van der Waals surface area contributed by atoms with Crippen molar-refractivity contribution in [2.75, 3.05) is 26.8 Å². The molecule has 3 aliphatic heterocycles. The minimum Gasteiger partial charge on any atom is -0.444 e. The van der Waals surface area contributed by atoms with Gasteiger partial charge in [0.05, 0.1) is 24.6 Å². The highest BCUT2D eigenvalue weighted by Crippen LogP contribution is 2.37. The van der Waals surface area contributed by atoms with Crippen molar-refractivity contribution in [2.24, 2.45) is 11.1 Å². The second-order valence-electron chi connectivity index (χ2n) is 12.7. The molecule has 5 rings (SSSR count). The zero-order valence-corrected chi connectivity index (χ0v) is 25.7. The lowest BCUT2D eigenvalue weighted by atomic mass is 9.86. The molecule has 2 aromatic rings. The molecule has 1 aromatic heterocycles. The molecule has 6 atom stereocenters. The molecule has 1 unspecified atom stereocenters. The number of hydrogen-bond donors (Lipinski definition) is 2. The van der Waals surface area contributed by atoms with Crippen molar-refractivity contribution in [1.29, 1.82) is 0 Å². The number of aliphatic hydroxyl groups is 2. The van der Waals surface area contributed by atoms with Gasteiger partial charge in [-0.2, -0.15) is 0 Å². The van der Waals surface area contributed by atoms with E-state index < -0.39 is 54.3 Å².